The van der Waals surface area contributed by atoms with E-state index < -0.39 is 23.7 Å². The smallest absolute Gasteiger partial charge is 0.314 e. The third-order valence-electron chi connectivity index (χ3n) is 5.05. The molecule has 7 heteroatoms. The molecule has 1 aliphatic rings. The van der Waals surface area contributed by atoms with Crippen molar-refractivity contribution < 1.29 is 23.8 Å². The van der Waals surface area contributed by atoms with Crippen LogP contribution in [-0.4, -0.2) is 23.5 Å². The molecule has 1 unspecified atom stereocenters. The Morgan fingerprint density at radius 1 is 0.968 bits per heavy atom. The first-order valence-electron chi connectivity index (χ1n) is 9.87. The summed E-state index contributed by atoms with van der Waals surface area (Å²) < 4.78 is 19.2. The standard InChI is InChI=1S/C24H21FN2O4/c1-14(28)20-13-19(6-7-21(20)25)27-24(30)23(29)26-18-4-2-3-15(12-18)16-5-8-22-17(11-16)9-10-31-22/h2-8,11-14,28H,9-10H2,1H3,(H,26,29)(H,27,30). The highest BCUT2D eigenvalue weighted by atomic mass is 19.1. The molecule has 158 valence electrons. The van der Waals surface area contributed by atoms with Gasteiger partial charge in [-0.25, -0.2) is 4.39 Å². The quantitative estimate of drug-likeness (QED) is 0.556. The fourth-order valence-corrected chi connectivity index (χ4v) is 3.46. The summed E-state index contributed by atoms with van der Waals surface area (Å²) >= 11 is 0. The van der Waals surface area contributed by atoms with Crippen LogP contribution in [0.5, 0.6) is 5.75 Å². The van der Waals surface area contributed by atoms with Crippen LogP contribution in [0.25, 0.3) is 11.1 Å². The number of rotatable bonds is 4. The van der Waals surface area contributed by atoms with Gasteiger partial charge in [0.25, 0.3) is 0 Å². The molecule has 0 fully saturated rings. The van der Waals surface area contributed by atoms with Crippen molar-refractivity contribution in [3.05, 3.63) is 77.6 Å². The number of aliphatic hydroxyl groups excluding tert-OH is 1. The number of hydrogen-bond donors (Lipinski definition) is 3. The molecule has 3 aromatic rings. The van der Waals surface area contributed by atoms with Crippen molar-refractivity contribution in [3.63, 3.8) is 0 Å². The van der Waals surface area contributed by atoms with Crippen molar-refractivity contribution in [1.82, 2.24) is 0 Å². The third-order valence-corrected chi connectivity index (χ3v) is 5.05. The Morgan fingerprint density at radius 2 is 1.68 bits per heavy atom. The van der Waals surface area contributed by atoms with Gasteiger partial charge in [0.15, 0.2) is 0 Å². The SMILES string of the molecule is CC(O)c1cc(NC(=O)C(=O)Nc2cccc(-c3ccc4c(c3)CCO4)c2)ccc1F. The van der Waals surface area contributed by atoms with Crippen molar-refractivity contribution in [2.75, 3.05) is 17.2 Å². The lowest BCUT2D eigenvalue weighted by Crippen LogP contribution is -2.29. The number of halogens is 1. The van der Waals surface area contributed by atoms with Crippen LogP contribution in [0.1, 0.15) is 24.2 Å². The van der Waals surface area contributed by atoms with Crippen LogP contribution in [0.4, 0.5) is 15.8 Å². The molecule has 1 aliphatic heterocycles. The van der Waals surface area contributed by atoms with Gasteiger partial charge < -0.3 is 20.5 Å². The molecule has 0 radical (unpaired) electrons. The average Bonchev–Trinajstić information content (AvgIpc) is 3.23. The molecule has 3 aromatic carbocycles. The van der Waals surface area contributed by atoms with Crippen molar-refractivity contribution in [2.24, 2.45) is 0 Å². The number of carbonyl (C=O) groups is 2. The summed E-state index contributed by atoms with van der Waals surface area (Å²) in [6.45, 7) is 2.09. The summed E-state index contributed by atoms with van der Waals surface area (Å²) in [6.07, 6.45) is -0.181. The fraction of sp³-hybridized carbons (Fsp3) is 0.167. The van der Waals surface area contributed by atoms with E-state index in [-0.39, 0.29) is 11.3 Å². The van der Waals surface area contributed by atoms with E-state index in [0.717, 1.165) is 34.9 Å². The van der Waals surface area contributed by atoms with E-state index in [1.165, 1.54) is 19.1 Å². The maximum absolute atomic E-state index is 13.7. The summed E-state index contributed by atoms with van der Waals surface area (Å²) in [4.78, 5) is 24.6. The van der Waals surface area contributed by atoms with Gasteiger partial charge in [-0.1, -0.05) is 18.2 Å². The maximum atomic E-state index is 13.7. The Kier molecular flexibility index (Phi) is 5.68. The van der Waals surface area contributed by atoms with Gasteiger partial charge in [-0.2, -0.15) is 0 Å². The Hall–Kier alpha value is -3.71. The van der Waals surface area contributed by atoms with Gasteiger partial charge in [0, 0.05) is 23.4 Å². The van der Waals surface area contributed by atoms with E-state index in [1.54, 1.807) is 18.2 Å². The maximum Gasteiger partial charge on any atom is 0.314 e. The highest BCUT2D eigenvalue weighted by molar-refractivity contribution is 6.43. The Bertz CT molecular complexity index is 1160. The normalized spacial score (nSPS) is 13.1. The van der Waals surface area contributed by atoms with E-state index in [9.17, 15) is 19.1 Å². The molecular weight excluding hydrogens is 399 g/mol. The summed E-state index contributed by atoms with van der Waals surface area (Å²) in [5, 5.41) is 14.6. The summed E-state index contributed by atoms with van der Waals surface area (Å²) in [7, 11) is 0. The van der Waals surface area contributed by atoms with Gasteiger partial charge >= 0.3 is 11.8 Å². The predicted octanol–water partition coefficient (Wildman–Crippen LogP) is 4.06. The van der Waals surface area contributed by atoms with Crippen molar-refractivity contribution >= 4 is 23.2 Å². The average molecular weight is 420 g/mol. The van der Waals surface area contributed by atoms with Crippen molar-refractivity contribution in [3.8, 4) is 16.9 Å². The summed E-state index contributed by atoms with van der Waals surface area (Å²) in [5.74, 6) is -1.46. The van der Waals surface area contributed by atoms with Gasteiger partial charge in [-0.05, 0) is 66.1 Å². The van der Waals surface area contributed by atoms with Gasteiger partial charge in [0.05, 0.1) is 12.7 Å². The zero-order valence-corrected chi connectivity index (χ0v) is 16.8. The minimum atomic E-state index is -1.04. The molecular formula is C24H21FN2O4. The number of amides is 2. The highest BCUT2D eigenvalue weighted by Gasteiger charge is 2.17. The minimum absolute atomic E-state index is 0.0330. The molecule has 2 amide bonds. The molecule has 0 bridgehead atoms. The molecule has 0 saturated heterocycles. The van der Waals surface area contributed by atoms with Crippen LogP contribution in [0.3, 0.4) is 0 Å². The lowest BCUT2D eigenvalue weighted by atomic mass is 10.0. The Morgan fingerprint density at radius 3 is 2.42 bits per heavy atom. The number of carbonyl (C=O) groups excluding carboxylic acids is 2. The zero-order chi connectivity index (χ0) is 22.0. The number of fused-ring (bicyclic) bond motifs is 1. The number of nitrogens with one attached hydrogen (secondary N) is 2. The van der Waals surface area contributed by atoms with E-state index in [1.807, 2.05) is 18.2 Å². The second-order valence-corrected chi connectivity index (χ2v) is 7.32. The number of benzene rings is 3. The number of hydrogen-bond acceptors (Lipinski definition) is 4. The first kappa shape index (κ1) is 20.6. The molecule has 0 saturated carbocycles. The van der Waals surface area contributed by atoms with Crippen LogP contribution in [0, 0.1) is 5.82 Å². The second-order valence-electron chi connectivity index (χ2n) is 7.32. The summed E-state index contributed by atoms with van der Waals surface area (Å²) in [5.41, 5.74) is 3.74. The summed E-state index contributed by atoms with van der Waals surface area (Å²) in [6, 6.07) is 16.9. The van der Waals surface area contributed by atoms with E-state index in [2.05, 4.69) is 16.7 Å². The van der Waals surface area contributed by atoms with Crippen LogP contribution < -0.4 is 15.4 Å². The molecule has 4 rings (SSSR count). The van der Waals surface area contributed by atoms with Gasteiger partial charge in [-0.15, -0.1) is 0 Å². The van der Waals surface area contributed by atoms with Crippen LogP contribution in [0.2, 0.25) is 0 Å². The first-order valence-corrected chi connectivity index (χ1v) is 9.87. The lowest BCUT2D eigenvalue weighted by molar-refractivity contribution is -0.132. The molecule has 31 heavy (non-hydrogen) atoms. The number of ether oxygens (including phenoxy) is 1. The molecule has 1 heterocycles. The molecule has 0 aliphatic carbocycles. The second kappa shape index (κ2) is 8.57. The highest BCUT2D eigenvalue weighted by Crippen LogP contribution is 2.31. The van der Waals surface area contributed by atoms with Gasteiger partial charge in [-0.3, -0.25) is 9.59 Å². The predicted molar refractivity (Wildman–Crippen MR) is 115 cm³/mol. The van der Waals surface area contributed by atoms with E-state index in [0.29, 0.717) is 12.3 Å². The topological polar surface area (TPSA) is 87.7 Å². The zero-order valence-electron chi connectivity index (χ0n) is 16.8. The van der Waals surface area contributed by atoms with Gasteiger partial charge in [0.1, 0.15) is 11.6 Å². The van der Waals surface area contributed by atoms with Gasteiger partial charge in [0.2, 0.25) is 0 Å². The first-order chi connectivity index (χ1) is 14.9. The molecule has 6 nitrogen and oxygen atoms in total. The van der Waals surface area contributed by atoms with E-state index >= 15 is 0 Å². The molecule has 0 spiro atoms. The van der Waals surface area contributed by atoms with Crippen molar-refractivity contribution in [1.29, 1.82) is 0 Å². The molecule has 3 N–H and O–H groups in total. The van der Waals surface area contributed by atoms with Crippen LogP contribution in [0.15, 0.2) is 60.7 Å². The molecule has 0 aromatic heterocycles. The van der Waals surface area contributed by atoms with Crippen LogP contribution >= 0.6 is 0 Å². The lowest BCUT2D eigenvalue weighted by Gasteiger charge is -2.11. The van der Waals surface area contributed by atoms with Crippen molar-refractivity contribution in [2.45, 2.75) is 19.4 Å². The monoisotopic (exact) mass is 420 g/mol. The Balaban J connectivity index is 1.46. The number of aliphatic hydroxyl groups is 1. The largest absolute Gasteiger partial charge is 0.493 e. The van der Waals surface area contributed by atoms with Crippen LogP contribution in [-0.2, 0) is 16.0 Å². The van der Waals surface area contributed by atoms with E-state index in [4.69, 9.17) is 4.74 Å². The molecule has 1 atom stereocenters. The fourth-order valence-electron chi connectivity index (χ4n) is 3.46. The Labute approximate surface area is 178 Å². The minimum Gasteiger partial charge on any atom is -0.493 e. The number of anilines is 2. The third kappa shape index (κ3) is 4.57.